The SMILES string of the molecule is CCN(CC)C(=O)CCNC(=O)NCCCCCC(=O)O. The molecule has 0 aliphatic rings. The Morgan fingerprint density at radius 2 is 1.52 bits per heavy atom. The van der Waals surface area contributed by atoms with E-state index in [0.717, 1.165) is 12.8 Å². The molecule has 3 amide bonds. The molecule has 0 aliphatic heterocycles. The van der Waals surface area contributed by atoms with Gasteiger partial charge in [-0.1, -0.05) is 6.42 Å². The van der Waals surface area contributed by atoms with Gasteiger partial charge in [0.1, 0.15) is 0 Å². The summed E-state index contributed by atoms with van der Waals surface area (Å²) in [4.78, 5) is 35.1. The Balaban J connectivity index is 3.54. The van der Waals surface area contributed by atoms with Crippen molar-refractivity contribution >= 4 is 17.9 Å². The zero-order chi connectivity index (χ0) is 16.1. The van der Waals surface area contributed by atoms with Crippen molar-refractivity contribution in [3.05, 3.63) is 0 Å². The molecule has 21 heavy (non-hydrogen) atoms. The highest BCUT2D eigenvalue weighted by atomic mass is 16.4. The molecule has 0 saturated heterocycles. The van der Waals surface area contributed by atoms with Crippen molar-refractivity contribution in [3.8, 4) is 0 Å². The van der Waals surface area contributed by atoms with Gasteiger partial charge >= 0.3 is 12.0 Å². The lowest BCUT2D eigenvalue weighted by atomic mass is 10.2. The minimum atomic E-state index is -0.793. The van der Waals surface area contributed by atoms with Gasteiger partial charge in [-0.15, -0.1) is 0 Å². The van der Waals surface area contributed by atoms with Crippen LogP contribution < -0.4 is 10.6 Å². The van der Waals surface area contributed by atoms with Crippen LogP contribution in [0.2, 0.25) is 0 Å². The third kappa shape index (κ3) is 10.6. The number of nitrogens with zero attached hydrogens (tertiary/aromatic N) is 1. The molecule has 7 nitrogen and oxygen atoms in total. The number of hydrogen-bond acceptors (Lipinski definition) is 3. The van der Waals surface area contributed by atoms with Crippen LogP contribution in [0.25, 0.3) is 0 Å². The first-order chi connectivity index (χ1) is 10.0. The van der Waals surface area contributed by atoms with Crippen LogP contribution in [0, 0.1) is 0 Å². The van der Waals surface area contributed by atoms with Gasteiger partial charge in [-0.2, -0.15) is 0 Å². The Morgan fingerprint density at radius 1 is 0.905 bits per heavy atom. The van der Waals surface area contributed by atoms with E-state index < -0.39 is 5.97 Å². The molecule has 0 aromatic carbocycles. The molecule has 3 N–H and O–H groups in total. The predicted molar refractivity (Wildman–Crippen MR) is 80.1 cm³/mol. The Labute approximate surface area is 126 Å². The smallest absolute Gasteiger partial charge is 0.314 e. The molecule has 0 bridgehead atoms. The highest BCUT2D eigenvalue weighted by Gasteiger charge is 2.09. The van der Waals surface area contributed by atoms with Gasteiger partial charge in [-0.3, -0.25) is 9.59 Å². The average Bonchev–Trinajstić information content (AvgIpc) is 2.43. The van der Waals surface area contributed by atoms with Crippen LogP contribution in [0.15, 0.2) is 0 Å². The lowest BCUT2D eigenvalue weighted by Gasteiger charge is -2.18. The zero-order valence-electron chi connectivity index (χ0n) is 13.0. The van der Waals surface area contributed by atoms with Gasteiger partial charge in [0.15, 0.2) is 0 Å². The lowest BCUT2D eigenvalue weighted by molar-refractivity contribution is -0.137. The second-order valence-electron chi connectivity index (χ2n) is 4.70. The van der Waals surface area contributed by atoms with E-state index in [1.165, 1.54) is 0 Å². The van der Waals surface area contributed by atoms with Crippen LogP contribution in [-0.2, 0) is 9.59 Å². The van der Waals surface area contributed by atoms with E-state index in [1.54, 1.807) is 4.90 Å². The Bertz CT molecular complexity index is 330. The molecule has 0 spiro atoms. The molecule has 0 fully saturated rings. The molecule has 0 aromatic rings. The fraction of sp³-hybridized carbons (Fsp3) is 0.786. The van der Waals surface area contributed by atoms with E-state index in [4.69, 9.17) is 5.11 Å². The summed E-state index contributed by atoms with van der Waals surface area (Å²) >= 11 is 0. The summed E-state index contributed by atoms with van der Waals surface area (Å²) in [5.74, 6) is -0.757. The van der Waals surface area contributed by atoms with Gasteiger partial charge < -0.3 is 20.6 Å². The number of carboxylic acids is 1. The summed E-state index contributed by atoms with van der Waals surface area (Å²) in [6, 6.07) is -0.291. The van der Waals surface area contributed by atoms with E-state index in [2.05, 4.69) is 10.6 Å². The van der Waals surface area contributed by atoms with E-state index in [-0.39, 0.29) is 18.4 Å². The molecule has 0 radical (unpaired) electrons. The van der Waals surface area contributed by atoms with Crippen LogP contribution in [0.3, 0.4) is 0 Å². The molecule has 122 valence electrons. The summed E-state index contributed by atoms with van der Waals surface area (Å²) in [5, 5.41) is 13.8. The first-order valence-corrected chi connectivity index (χ1v) is 7.52. The molecule has 0 unspecified atom stereocenters. The summed E-state index contributed by atoms with van der Waals surface area (Å²) < 4.78 is 0. The van der Waals surface area contributed by atoms with Crippen molar-refractivity contribution in [2.24, 2.45) is 0 Å². The number of rotatable bonds is 11. The monoisotopic (exact) mass is 301 g/mol. The van der Waals surface area contributed by atoms with Crippen LogP contribution in [0.1, 0.15) is 46.0 Å². The van der Waals surface area contributed by atoms with Gasteiger partial charge in [0.2, 0.25) is 5.91 Å². The maximum absolute atomic E-state index is 11.7. The lowest BCUT2D eigenvalue weighted by Crippen LogP contribution is -2.39. The van der Waals surface area contributed by atoms with Gasteiger partial charge in [-0.05, 0) is 26.7 Å². The van der Waals surface area contributed by atoms with Crippen molar-refractivity contribution in [2.45, 2.75) is 46.0 Å². The average molecular weight is 301 g/mol. The number of amides is 3. The second-order valence-corrected chi connectivity index (χ2v) is 4.70. The van der Waals surface area contributed by atoms with Crippen LogP contribution >= 0.6 is 0 Å². The summed E-state index contributed by atoms with van der Waals surface area (Å²) in [6.07, 6.45) is 2.61. The van der Waals surface area contributed by atoms with Crippen LogP contribution in [0.5, 0.6) is 0 Å². The molecule has 7 heteroatoms. The number of nitrogens with one attached hydrogen (secondary N) is 2. The van der Waals surface area contributed by atoms with E-state index in [9.17, 15) is 14.4 Å². The van der Waals surface area contributed by atoms with Gasteiger partial charge in [-0.25, -0.2) is 4.79 Å². The molecule has 0 atom stereocenters. The van der Waals surface area contributed by atoms with Crippen molar-refractivity contribution in [2.75, 3.05) is 26.2 Å². The summed E-state index contributed by atoms with van der Waals surface area (Å²) in [5.41, 5.74) is 0. The van der Waals surface area contributed by atoms with E-state index >= 15 is 0 Å². The highest BCUT2D eigenvalue weighted by molar-refractivity contribution is 5.78. The molecule has 0 saturated carbocycles. The number of urea groups is 1. The second kappa shape index (κ2) is 12.0. The topological polar surface area (TPSA) is 98.7 Å². The largest absolute Gasteiger partial charge is 0.481 e. The molecule has 0 aliphatic carbocycles. The van der Waals surface area contributed by atoms with E-state index in [0.29, 0.717) is 39.0 Å². The fourth-order valence-corrected chi connectivity index (χ4v) is 1.86. The van der Waals surface area contributed by atoms with Crippen molar-refractivity contribution in [1.29, 1.82) is 0 Å². The Hall–Kier alpha value is -1.79. The number of aliphatic carboxylic acids is 1. The number of carbonyl (C=O) groups is 3. The third-order valence-corrected chi connectivity index (χ3v) is 3.09. The van der Waals surface area contributed by atoms with Crippen LogP contribution in [0.4, 0.5) is 4.79 Å². The standard InChI is InChI=1S/C14H27N3O4/c1-3-17(4-2)12(18)9-11-16-14(21)15-10-7-5-6-8-13(19)20/h3-11H2,1-2H3,(H,19,20)(H2,15,16,21). The minimum Gasteiger partial charge on any atom is -0.481 e. The molecular weight excluding hydrogens is 274 g/mol. The maximum Gasteiger partial charge on any atom is 0.314 e. The highest BCUT2D eigenvalue weighted by Crippen LogP contribution is 1.98. The number of unbranched alkanes of at least 4 members (excludes halogenated alkanes) is 2. The van der Waals surface area contributed by atoms with E-state index in [1.807, 2.05) is 13.8 Å². The Morgan fingerprint density at radius 3 is 2.10 bits per heavy atom. The predicted octanol–water partition coefficient (Wildman–Crippen LogP) is 1.19. The van der Waals surface area contributed by atoms with Crippen LogP contribution in [-0.4, -0.2) is 54.1 Å². The Kier molecular flexibility index (Phi) is 11.0. The normalized spacial score (nSPS) is 10.0. The van der Waals surface area contributed by atoms with Gasteiger partial charge in [0, 0.05) is 39.0 Å². The van der Waals surface area contributed by atoms with Crippen molar-refractivity contribution in [3.63, 3.8) is 0 Å². The fourth-order valence-electron chi connectivity index (χ4n) is 1.86. The molecule has 0 rings (SSSR count). The molecule has 0 heterocycles. The van der Waals surface area contributed by atoms with Crippen molar-refractivity contribution in [1.82, 2.24) is 15.5 Å². The number of carbonyl (C=O) groups excluding carboxylic acids is 2. The summed E-state index contributed by atoms with van der Waals surface area (Å²) in [6.45, 7) is 6.03. The van der Waals surface area contributed by atoms with Gasteiger partial charge in [0.05, 0.1) is 0 Å². The first-order valence-electron chi connectivity index (χ1n) is 7.52. The first kappa shape index (κ1) is 19.2. The minimum absolute atomic E-state index is 0.0361. The molecule has 0 aromatic heterocycles. The third-order valence-electron chi connectivity index (χ3n) is 3.09. The quantitative estimate of drug-likeness (QED) is 0.499. The number of carboxylic acid groups (broad SMARTS) is 1. The van der Waals surface area contributed by atoms with Crippen molar-refractivity contribution < 1.29 is 19.5 Å². The molecular formula is C14H27N3O4. The summed E-state index contributed by atoms with van der Waals surface area (Å²) in [7, 11) is 0. The maximum atomic E-state index is 11.7. The zero-order valence-corrected chi connectivity index (χ0v) is 13.0. The number of hydrogen-bond donors (Lipinski definition) is 3. The van der Waals surface area contributed by atoms with Gasteiger partial charge in [0.25, 0.3) is 0 Å².